The van der Waals surface area contributed by atoms with Gasteiger partial charge in [-0.25, -0.2) is 4.98 Å². The van der Waals surface area contributed by atoms with E-state index in [1.54, 1.807) is 0 Å². The van der Waals surface area contributed by atoms with Crippen LogP contribution >= 0.6 is 25.3 Å². The average molecular weight is 602 g/mol. The Balaban J connectivity index is 2.12. The van der Waals surface area contributed by atoms with Crippen molar-refractivity contribution in [3.63, 3.8) is 0 Å². The van der Waals surface area contributed by atoms with Crippen LogP contribution in [0.1, 0.15) is 131 Å². The highest BCUT2D eigenvalue weighted by molar-refractivity contribution is 7.80. The molecule has 226 valence electrons. The van der Waals surface area contributed by atoms with Crippen LogP contribution in [0, 0.1) is 0 Å². The molecule has 5 heteroatoms. The maximum Gasteiger partial charge on any atom is 0.0849 e. The van der Waals surface area contributed by atoms with E-state index in [9.17, 15) is 0 Å². The molecular weight excluding hydrogens is 551 g/mol. The van der Waals surface area contributed by atoms with Crippen LogP contribution in [0.2, 0.25) is 0 Å². The predicted molar refractivity (Wildman–Crippen MR) is 190 cm³/mol. The molecule has 2 aromatic carbocycles. The molecule has 0 saturated carbocycles. The lowest BCUT2D eigenvalue weighted by Gasteiger charge is -2.27. The fourth-order valence-corrected chi connectivity index (χ4v) is 5.76. The van der Waals surface area contributed by atoms with Crippen molar-refractivity contribution >= 4 is 48.1 Å². The molecule has 3 rings (SSSR count). The first-order chi connectivity index (χ1) is 19.0. The van der Waals surface area contributed by atoms with Crippen LogP contribution in [0.4, 0.5) is 11.4 Å². The molecule has 42 heavy (non-hydrogen) atoms. The summed E-state index contributed by atoms with van der Waals surface area (Å²) in [6.45, 7) is 30.8. The zero-order chi connectivity index (χ0) is 32.0. The van der Waals surface area contributed by atoms with E-state index in [-0.39, 0.29) is 21.7 Å². The molecule has 0 radical (unpaired) electrons. The zero-order valence-corrected chi connectivity index (χ0v) is 30.1. The van der Waals surface area contributed by atoms with E-state index < -0.39 is 0 Å². The molecule has 0 spiro atoms. The Morgan fingerprint density at radius 1 is 0.548 bits per heavy atom. The van der Waals surface area contributed by atoms with Crippen LogP contribution in [0.15, 0.2) is 62.2 Å². The summed E-state index contributed by atoms with van der Waals surface area (Å²) in [5, 5.41) is 0. The molecule has 1 heterocycles. The largest absolute Gasteiger partial charge is 0.250 e. The second-order valence-corrected chi connectivity index (χ2v) is 16.5. The summed E-state index contributed by atoms with van der Waals surface area (Å²) in [7, 11) is 0. The van der Waals surface area contributed by atoms with Crippen molar-refractivity contribution in [1.29, 1.82) is 0 Å². The number of rotatable bonds is 4. The highest BCUT2D eigenvalue weighted by Crippen LogP contribution is 2.41. The first kappa shape index (κ1) is 34.1. The molecule has 3 nitrogen and oxygen atoms in total. The summed E-state index contributed by atoms with van der Waals surface area (Å²) in [4.78, 5) is 17.0. The number of nitrogens with zero attached hydrogens (tertiary/aromatic N) is 3. The predicted octanol–water partition coefficient (Wildman–Crippen LogP) is 11.1. The fourth-order valence-electron chi connectivity index (χ4n) is 4.73. The maximum absolute atomic E-state index is 5.08. The Hall–Kier alpha value is -2.37. The third-order valence-electron chi connectivity index (χ3n) is 7.59. The molecule has 0 fully saturated rings. The van der Waals surface area contributed by atoms with Crippen molar-refractivity contribution in [3.05, 3.63) is 76.1 Å². The summed E-state index contributed by atoms with van der Waals surface area (Å²) >= 11 is 9.91. The Kier molecular flexibility index (Phi) is 9.72. The monoisotopic (exact) mass is 601 g/mol. The number of aromatic nitrogens is 1. The van der Waals surface area contributed by atoms with Gasteiger partial charge in [0.1, 0.15) is 0 Å². The number of pyridine rings is 1. The van der Waals surface area contributed by atoms with Crippen molar-refractivity contribution in [2.45, 2.75) is 128 Å². The number of hydrogen-bond acceptors (Lipinski definition) is 5. The van der Waals surface area contributed by atoms with Gasteiger partial charge in [0, 0.05) is 9.79 Å². The van der Waals surface area contributed by atoms with Crippen molar-refractivity contribution in [2.75, 3.05) is 0 Å². The third kappa shape index (κ3) is 7.96. The molecule has 3 aromatic rings. The highest BCUT2D eigenvalue weighted by atomic mass is 32.1. The maximum atomic E-state index is 5.08. The van der Waals surface area contributed by atoms with Crippen LogP contribution in [0.5, 0.6) is 0 Å². The minimum absolute atomic E-state index is 0.00557. The van der Waals surface area contributed by atoms with Crippen LogP contribution in [0.3, 0.4) is 0 Å². The molecule has 0 aliphatic carbocycles. The van der Waals surface area contributed by atoms with Crippen LogP contribution in [0.25, 0.3) is 0 Å². The van der Waals surface area contributed by atoms with Gasteiger partial charge in [0.25, 0.3) is 0 Å². The SMILES string of the molecule is CC(=Nc1cc(C(C)(C)C)cc(C(C)(C)C)c1S)c1cccc(C(C)=Nc2cc(C(C)(C)C)cc(C(C)(C)C)c2S)n1. The quantitative estimate of drug-likeness (QED) is 0.226. The molecule has 0 atom stereocenters. The summed E-state index contributed by atoms with van der Waals surface area (Å²) < 4.78 is 0. The van der Waals surface area contributed by atoms with Crippen molar-refractivity contribution in [3.8, 4) is 0 Å². The van der Waals surface area contributed by atoms with Crippen LogP contribution in [-0.4, -0.2) is 16.4 Å². The van der Waals surface area contributed by atoms with E-state index in [1.807, 2.05) is 32.0 Å². The molecule has 0 N–H and O–H groups in total. The topological polar surface area (TPSA) is 37.6 Å². The Bertz CT molecular complexity index is 1420. The zero-order valence-electron chi connectivity index (χ0n) is 28.3. The van der Waals surface area contributed by atoms with E-state index in [1.165, 1.54) is 22.3 Å². The smallest absolute Gasteiger partial charge is 0.0849 e. The number of benzene rings is 2. The number of hydrogen-bond donors (Lipinski definition) is 2. The number of thiol groups is 2. The first-order valence-electron chi connectivity index (χ1n) is 14.8. The Morgan fingerprint density at radius 3 is 1.17 bits per heavy atom. The lowest BCUT2D eigenvalue weighted by molar-refractivity contribution is 0.560. The van der Waals surface area contributed by atoms with Crippen molar-refractivity contribution in [1.82, 2.24) is 4.98 Å². The number of aliphatic imine (C=N–C) groups is 2. The van der Waals surface area contributed by atoms with Gasteiger partial charge >= 0.3 is 0 Å². The molecular formula is C37H51N3S2. The Labute approximate surface area is 266 Å². The van der Waals surface area contributed by atoms with E-state index >= 15 is 0 Å². The lowest BCUT2D eigenvalue weighted by Crippen LogP contribution is -2.17. The van der Waals surface area contributed by atoms with Crippen molar-refractivity contribution in [2.24, 2.45) is 9.98 Å². The summed E-state index contributed by atoms with van der Waals surface area (Å²) in [6.07, 6.45) is 0. The van der Waals surface area contributed by atoms with Gasteiger partial charge in [-0.2, -0.15) is 0 Å². The summed E-state index contributed by atoms with van der Waals surface area (Å²) in [6, 6.07) is 14.9. The highest BCUT2D eigenvalue weighted by Gasteiger charge is 2.25. The van der Waals surface area contributed by atoms with Gasteiger partial charge < -0.3 is 0 Å². The molecule has 0 aliphatic rings. The van der Waals surface area contributed by atoms with E-state index in [0.717, 1.165) is 44.0 Å². The van der Waals surface area contributed by atoms with Gasteiger partial charge in [0.15, 0.2) is 0 Å². The standard InChI is InChI=1S/C37H51N3S2/c1-22(38-30-20-24(34(3,4)5)18-26(32(30)41)36(9,10)11)28-16-15-17-29(40-28)23(2)39-31-21-25(35(6,7)8)19-27(33(31)42)37(12,13)14/h15-21,41-42H,1-14H3. The second-order valence-electron chi connectivity index (χ2n) is 15.6. The molecule has 0 amide bonds. The summed E-state index contributed by atoms with van der Waals surface area (Å²) in [5.74, 6) is 0. The third-order valence-corrected chi connectivity index (χ3v) is 8.53. The summed E-state index contributed by atoms with van der Waals surface area (Å²) in [5.41, 5.74) is 9.84. The Morgan fingerprint density at radius 2 is 0.881 bits per heavy atom. The van der Waals surface area contributed by atoms with Gasteiger partial charge in [-0.05, 0) is 82.0 Å². The lowest BCUT2D eigenvalue weighted by atomic mass is 9.80. The van der Waals surface area contributed by atoms with Crippen LogP contribution in [-0.2, 0) is 21.7 Å². The van der Waals surface area contributed by atoms with E-state index in [4.69, 9.17) is 40.2 Å². The first-order valence-corrected chi connectivity index (χ1v) is 15.7. The molecule has 0 saturated heterocycles. The molecule has 0 unspecified atom stereocenters. The van der Waals surface area contributed by atoms with Gasteiger partial charge in [-0.1, -0.05) is 101 Å². The minimum atomic E-state index is -0.0503. The van der Waals surface area contributed by atoms with E-state index in [2.05, 4.69) is 107 Å². The van der Waals surface area contributed by atoms with Crippen molar-refractivity contribution < 1.29 is 0 Å². The van der Waals surface area contributed by atoms with Gasteiger partial charge in [-0.15, -0.1) is 25.3 Å². The molecule has 0 bridgehead atoms. The van der Waals surface area contributed by atoms with Crippen LogP contribution < -0.4 is 0 Å². The average Bonchev–Trinajstić information content (AvgIpc) is 2.83. The fraction of sp³-hybridized carbons (Fsp3) is 0.486. The normalized spacial score (nSPS) is 14.0. The van der Waals surface area contributed by atoms with Gasteiger partial charge in [0.05, 0.1) is 34.2 Å². The van der Waals surface area contributed by atoms with E-state index in [0.29, 0.717) is 0 Å². The molecule has 1 aromatic heterocycles. The van der Waals surface area contributed by atoms with Gasteiger partial charge in [0.2, 0.25) is 0 Å². The second kappa shape index (κ2) is 12.0. The van der Waals surface area contributed by atoms with Gasteiger partial charge in [-0.3, -0.25) is 9.98 Å². The minimum Gasteiger partial charge on any atom is -0.250 e. The molecule has 0 aliphatic heterocycles.